The molecule has 22 heavy (non-hydrogen) atoms. The van der Waals surface area contributed by atoms with Crippen LogP contribution in [0.4, 0.5) is 0 Å². The molecule has 0 amide bonds. The van der Waals surface area contributed by atoms with Gasteiger partial charge < -0.3 is 14.7 Å². The van der Waals surface area contributed by atoms with Crippen molar-refractivity contribution in [3.05, 3.63) is 41.6 Å². The summed E-state index contributed by atoms with van der Waals surface area (Å²) in [5.41, 5.74) is 2.69. The van der Waals surface area contributed by atoms with Crippen molar-refractivity contribution in [2.45, 2.75) is 50.7 Å². The topological polar surface area (TPSA) is 32.7 Å². The minimum atomic E-state index is 0.0179. The summed E-state index contributed by atoms with van der Waals surface area (Å²) in [6, 6.07) is 6.41. The molecule has 3 nitrogen and oxygen atoms in total. The zero-order valence-electron chi connectivity index (χ0n) is 13.5. The third-order valence-electron chi connectivity index (χ3n) is 6.10. The average molecular weight is 299 g/mol. The van der Waals surface area contributed by atoms with Crippen molar-refractivity contribution in [2.75, 3.05) is 13.2 Å². The molecule has 3 heteroatoms. The number of nitrogens with zero attached hydrogens (tertiary/aromatic N) is 1. The molecular formula is C19H25NO2. The van der Waals surface area contributed by atoms with Crippen LogP contribution < -0.4 is 0 Å². The van der Waals surface area contributed by atoms with Gasteiger partial charge in [0.2, 0.25) is 0 Å². The Kier molecular flexibility index (Phi) is 3.23. The molecule has 0 unspecified atom stereocenters. The van der Waals surface area contributed by atoms with Crippen molar-refractivity contribution >= 4 is 0 Å². The molecule has 1 aromatic carbocycles. The molecule has 1 aromatic rings. The fourth-order valence-corrected chi connectivity index (χ4v) is 4.52. The van der Waals surface area contributed by atoms with Gasteiger partial charge in [-0.3, -0.25) is 0 Å². The molecule has 4 atom stereocenters. The van der Waals surface area contributed by atoms with Gasteiger partial charge in [0.05, 0.1) is 6.10 Å². The van der Waals surface area contributed by atoms with E-state index < -0.39 is 0 Å². The maximum atomic E-state index is 9.88. The van der Waals surface area contributed by atoms with E-state index in [9.17, 15) is 5.11 Å². The van der Waals surface area contributed by atoms with Crippen LogP contribution >= 0.6 is 0 Å². The first-order valence-electron chi connectivity index (χ1n) is 8.47. The van der Waals surface area contributed by atoms with Gasteiger partial charge in [0.15, 0.2) is 0 Å². The Hall–Kier alpha value is -1.48. The first-order valence-corrected chi connectivity index (χ1v) is 8.47. The number of phenolic OH excluding ortho intramolecular Hbond substituents is 1. The van der Waals surface area contributed by atoms with Crippen molar-refractivity contribution in [3.8, 4) is 5.75 Å². The highest BCUT2D eigenvalue weighted by molar-refractivity contribution is 5.47. The Balaban J connectivity index is 1.68. The van der Waals surface area contributed by atoms with Crippen LogP contribution in [-0.4, -0.2) is 35.3 Å². The van der Waals surface area contributed by atoms with E-state index >= 15 is 0 Å². The number of allylic oxidation sites excluding steroid dienone is 1. The number of aromatic hydroxyl groups is 1. The lowest BCUT2D eigenvalue weighted by atomic mass is 9.61. The standard InChI is InChI=1S/C19H25NO2/c1-13-18-10-14-5-6-15(21)11-17(14)19(13,2)7-8-20(18)12-16-4-3-9-22-16/h5-8,11,13,16,18,21H,3-4,9-10,12H2,1-2H3/t13-,16-,18+,19-/m0/s1. The van der Waals surface area contributed by atoms with Gasteiger partial charge in [0.25, 0.3) is 0 Å². The van der Waals surface area contributed by atoms with Crippen LogP contribution in [0.15, 0.2) is 30.5 Å². The van der Waals surface area contributed by atoms with E-state index in [1.807, 2.05) is 12.1 Å². The van der Waals surface area contributed by atoms with Gasteiger partial charge in [-0.1, -0.05) is 26.0 Å². The molecule has 3 aliphatic rings. The van der Waals surface area contributed by atoms with Crippen molar-refractivity contribution in [3.63, 3.8) is 0 Å². The summed E-state index contributed by atoms with van der Waals surface area (Å²) < 4.78 is 5.83. The Morgan fingerprint density at radius 3 is 3.05 bits per heavy atom. The quantitative estimate of drug-likeness (QED) is 0.910. The molecule has 1 fully saturated rings. The van der Waals surface area contributed by atoms with Gasteiger partial charge in [-0.15, -0.1) is 0 Å². The lowest BCUT2D eigenvalue weighted by Crippen LogP contribution is -2.54. The maximum Gasteiger partial charge on any atom is 0.115 e. The van der Waals surface area contributed by atoms with E-state index in [4.69, 9.17) is 4.74 Å². The summed E-state index contributed by atoms with van der Waals surface area (Å²) in [7, 11) is 0. The van der Waals surface area contributed by atoms with Crippen LogP contribution in [0.5, 0.6) is 5.75 Å². The molecule has 0 saturated carbocycles. The summed E-state index contributed by atoms with van der Waals surface area (Å²) in [6.45, 7) is 6.59. The van der Waals surface area contributed by atoms with Crippen molar-refractivity contribution in [1.82, 2.24) is 4.90 Å². The Labute approximate surface area is 132 Å². The molecule has 118 valence electrons. The number of benzene rings is 1. The molecule has 2 aliphatic heterocycles. The highest BCUT2D eigenvalue weighted by Crippen LogP contribution is 2.47. The molecule has 2 heterocycles. The van der Waals surface area contributed by atoms with E-state index in [2.05, 4.69) is 37.1 Å². The van der Waals surface area contributed by atoms with Crippen LogP contribution in [0.1, 0.15) is 37.8 Å². The Morgan fingerprint density at radius 2 is 2.27 bits per heavy atom. The first kappa shape index (κ1) is 14.1. The monoisotopic (exact) mass is 299 g/mol. The van der Waals surface area contributed by atoms with Crippen LogP contribution in [0.2, 0.25) is 0 Å². The average Bonchev–Trinajstić information content (AvgIpc) is 3.00. The molecule has 4 rings (SSSR count). The zero-order valence-corrected chi connectivity index (χ0v) is 13.5. The minimum absolute atomic E-state index is 0.0179. The number of ether oxygens (including phenoxy) is 1. The summed E-state index contributed by atoms with van der Waals surface area (Å²) in [6.07, 6.45) is 8.45. The third kappa shape index (κ3) is 2.06. The lowest BCUT2D eigenvalue weighted by Gasteiger charge is -2.52. The molecule has 0 aromatic heterocycles. The first-order chi connectivity index (χ1) is 10.6. The number of fused-ring (bicyclic) bond motifs is 4. The molecule has 1 saturated heterocycles. The van der Waals surface area contributed by atoms with Gasteiger partial charge in [-0.2, -0.15) is 0 Å². The van der Waals surface area contributed by atoms with E-state index in [-0.39, 0.29) is 5.41 Å². The SMILES string of the molecule is C[C@H]1[C@H]2Cc3ccc(O)cc3[C@@]1(C)C=CN2C[C@@H]1CCCO1. The largest absolute Gasteiger partial charge is 0.508 e. The van der Waals surface area contributed by atoms with Crippen molar-refractivity contribution in [1.29, 1.82) is 0 Å². The maximum absolute atomic E-state index is 9.88. The van der Waals surface area contributed by atoms with Crippen LogP contribution in [0.25, 0.3) is 0 Å². The molecule has 1 N–H and O–H groups in total. The fraction of sp³-hybridized carbons (Fsp3) is 0.579. The van der Waals surface area contributed by atoms with Crippen LogP contribution in [-0.2, 0) is 16.6 Å². The van der Waals surface area contributed by atoms with E-state index in [0.717, 1.165) is 19.6 Å². The summed E-state index contributed by atoms with van der Waals surface area (Å²) in [4.78, 5) is 2.50. The summed E-state index contributed by atoms with van der Waals surface area (Å²) in [5, 5.41) is 9.88. The second-order valence-electron chi connectivity index (χ2n) is 7.33. The van der Waals surface area contributed by atoms with Crippen LogP contribution in [0, 0.1) is 5.92 Å². The highest BCUT2D eigenvalue weighted by Gasteiger charge is 2.46. The Morgan fingerprint density at radius 1 is 1.41 bits per heavy atom. The van der Waals surface area contributed by atoms with Gasteiger partial charge in [0, 0.05) is 24.6 Å². The van der Waals surface area contributed by atoms with E-state index in [0.29, 0.717) is 23.8 Å². The van der Waals surface area contributed by atoms with Gasteiger partial charge in [-0.25, -0.2) is 0 Å². The van der Waals surface area contributed by atoms with Gasteiger partial charge in [0.1, 0.15) is 5.75 Å². The van der Waals surface area contributed by atoms with Gasteiger partial charge >= 0.3 is 0 Å². The number of hydrogen-bond donors (Lipinski definition) is 1. The second kappa shape index (κ2) is 5.02. The van der Waals surface area contributed by atoms with Crippen molar-refractivity contribution < 1.29 is 9.84 Å². The normalized spacial score (nSPS) is 36.5. The second-order valence-corrected chi connectivity index (χ2v) is 7.33. The lowest BCUT2D eigenvalue weighted by molar-refractivity contribution is 0.0498. The molecule has 0 spiro atoms. The minimum Gasteiger partial charge on any atom is -0.508 e. The zero-order chi connectivity index (χ0) is 15.3. The third-order valence-corrected chi connectivity index (χ3v) is 6.10. The van der Waals surface area contributed by atoms with E-state index in [1.165, 1.54) is 24.0 Å². The fourth-order valence-electron chi connectivity index (χ4n) is 4.52. The summed E-state index contributed by atoms with van der Waals surface area (Å²) in [5.74, 6) is 0.911. The van der Waals surface area contributed by atoms with Crippen LogP contribution in [0.3, 0.4) is 0 Å². The number of hydrogen-bond acceptors (Lipinski definition) is 3. The molecule has 2 bridgehead atoms. The smallest absolute Gasteiger partial charge is 0.115 e. The highest BCUT2D eigenvalue weighted by atomic mass is 16.5. The predicted octanol–water partition coefficient (Wildman–Crippen LogP) is 3.22. The molecular weight excluding hydrogens is 274 g/mol. The summed E-state index contributed by atoms with van der Waals surface area (Å²) >= 11 is 0. The molecule has 1 aliphatic carbocycles. The number of rotatable bonds is 2. The van der Waals surface area contributed by atoms with Gasteiger partial charge in [-0.05, 0) is 54.6 Å². The predicted molar refractivity (Wildman–Crippen MR) is 86.9 cm³/mol. The van der Waals surface area contributed by atoms with E-state index in [1.54, 1.807) is 0 Å². The Bertz CT molecular complexity index is 605. The number of phenols is 1. The molecule has 0 radical (unpaired) electrons. The van der Waals surface area contributed by atoms with Crippen molar-refractivity contribution in [2.24, 2.45) is 5.92 Å².